The summed E-state index contributed by atoms with van der Waals surface area (Å²) < 4.78 is 47.6. The average molecular weight is 461 g/mol. The maximum absolute atomic E-state index is 12.5. The first kappa shape index (κ1) is 21.5. The molecule has 1 unspecified atom stereocenters. The van der Waals surface area contributed by atoms with Crippen LogP contribution in [0.15, 0.2) is 65.6 Å². The van der Waals surface area contributed by atoms with E-state index in [1.165, 1.54) is 12.1 Å². The fourth-order valence-corrected chi connectivity index (χ4v) is 4.37. The van der Waals surface area contributed by atoms with Crippen LogP contribution in [0, 0.1) is 6.92 Å². The van der Waals surface area contributed by atoms with E-state index in [2.05, 4.69) is 0 Å². The summed E-state index contributed by atoms with van der Waals surface area (Å²) in [6.45, 7) is 1.86. The second kappa shape index (κ2) is 8.78. The van der Waals surface area contributed by atoms with Gasteiger partial charge in [0.25, 0.3) is 10.1 Å². The van der Waals surface area contributed by atoms with Gasteiger partial charge in [0.15, 0.2) is 17.6 Å². The Morgan fingerprint density at radius 2 is 1.84 bits per heavy atom. The van der Waals surface area contributed by atoms with Crippen molar-refractivity contribution in [3.05, 3.63) is 71.2 Å². The van der Waals surface area contributed by atoms with E-state index in [-0.39, 0.29) is 18.1 Å². The lowest BCUT2D eigenvalue weighted by atomic mass is 10.0. The lowest BCUT2D eigenvalue weighted by molar-refractivity contribution is 0.0561. The van der Waals surface area contributed by atoms with E-state index >= 15 is 0 Å². The predicted octanol–water partition coefficient (Wildman–Crippen LogP) is 4.87. The molecular formula is C23H21ClO6S. The smallest absolute Gasteiger partial charge is 0.297 e. The summed E-state index contributed by atoms with van der Waals surface area (Å²) in [5.74, 6) is 1.66. The third kappa shape index (κ3) is 4.63. The molecule has 0 amide bonds. The molecule has 0 fully saturated rings. The Kier molecular flexibility index (Phi) is 6.09. The number of rotatable bonds is 6. The van der Waals surface area contributed by atoms with E-state index in [4.69, 9.17) is 30.0 Å². The Morgan fingerprint density at radius 1 is 1.06 bits per heavy atom. The minimum absolute atomic E-state index is 0.0968. The van der Waals surface area contributed by atoms with Crippen LogP contribution in [-0.2, 0) is 14.3 Å². The molecule has 8 heteroatoms. The van der Waals surface area contributed by atoms with Crippen molar-refractivity contribution < 1.29 is 26.8 Å². The van der Waals surface area contributed by atoms with Crippen LogP contribution in [0.4, 0.5) is 0 Å². The van der Waals surface area contributed by atoms with Gasteiger partial charge in [-0.2, -0.15) is 8.42 Å². The van der Waals surface area contributed by atoms with E-state index in [1.807, 2.05) is 19.1 Å². The molecule has 0 aliphatic carbocycles. The van der Waals surface area contributed by atoms with Gasteiger partial charge in [-0.15, -0.1) is 0 Å². The quantitative estimate of drug-likeness (QED) is 0.489. The van der Waals surface area contributed by atoms with Crippen molar-refractivity contribution in [2.24, 2.45) is 0 Å². The highest BCUT2D eigenvalue weighted by molar-refractivity contribution is 7.86. The zero-order valence-corrected chi connectivity index (χ0v) is 18.6. The lowest BCUT2D eigenvalue weighted by Gasteiger charge is -2.28. The number of aryl methyl sites for hydroxylation is 1. The minimum atomic E-state index is -3.91. The maximum Gasteiger partial charge on any atom is 0.297 e. The molecule has 0 radical (unpaired) electrons. The number of hydrogen-bond acceptors (Lipinski definition) is 6. The highest BCUT2D eigenvalue weighted by atomic mass is 35.5. The zero-order chi connectivity index (χ0) is 22.0. The van der Waals surface area contributed by atoms with Crippen LogP contribution in [0.25, 0.3) is 11.1 Å². The Hall–Kier alpha value is -2.74. The summed E-state index contributed by atoms with van der Waals surface area (Å²) in [5, 5.41) is 0.550. The summed E-state index contributed by atoms with van der Waals surface area (Å²) in [5.41, 5.74) is 2.43. The molecule has 0 aromatic heterocycles. The maximum atomic E-state index is 12.5. The van der Waals surface area contributed by atoms with Crippen molar-refractivity contribution in [2.45, 2.75) is 17.9 Å². The number of fused-ring (bicyclic) bond motifs is 1. The molecule has 0 N–H and O–H groups in total. The van der Waals surface area contributed by atoms with E-state index in [0.29, 0.717) is 22.3 Å². The van der Waals surface area contributed by atoms with Crippen LogP contribution < -0.4 is 14.2 Å². The largest absolute Gasteiger partial charge is 0.496 e. The first-order valence-electron chi connectivity index (χ1n) is 9.60. The van der Waals surface area contributed by atoms with Gasteiger partial charge in [0.2, 0.25) is 0 Å². The molecule has 0 saturated carbocycles. The summed E-state index contributed by atoms with van der Waals surface area (Å²) >= 11 is 6.19. The Morgan fingerprint density at radius 3 is 2.58 bits per heavy atom. The number of hydrogen-bond donors (Lipinski definition) is 0. The van der Waals surface area contributed by atoms with Crippen molar-refractivity contribution in [2.75, 3.05) is 20.3 Å². The molecule has 3 aromatic carbocycles. The van der Waals surface area contributed by atoms with E-state index in [0.717, 1.165) is 16.7 Å². The standard InChI is InChI=1S/C23H21ClO6S/c1-15-6-9-18(10-7-15)31(25,26)29-14-17-13-28-22-5-3-4-19(23(22)30-17)20-12-16(24)8-11-21(20)27-2/h3-12,17H,13-14H2,1-2H3. The molecule has 1 aliphatic heterocycles. The number of halogens is 1. The summed E-state index contributed by atoms with van der Waals surface area (Å²) in [6.07, 6.45) is -0.612. The van der Waals surface area contributed by atoms with Gasteiger partial charge >= 0.3 is 0 Å². The van der Waals surface area contributed by atoms with E-state index in [9.17, 15) is 8.42 Å². The molecule has 3 aromatic rings. The Bertz CT molecular complexity index is 1190. The number of ether oxygens (including phenoxy) is 3. The highest BCUT2D eigenvalue weighted by Crippen LogP contribution is 2.44. The molecule has 1 atom stereocenters. The van der Waals surface area contributed by atoms with Gasteiger partial charge in [0, 0.05) is 16.1 Å². The van der Waals surface area contributed by atoms with E-state index < -0.39 is 16.2 Å². The van der Waals surface area contributed by atoms with Crippen LogP contribution in [-0.4, -0.2) is 34.8 Å². The zero-order valence-electron chi connectivity index (χ0n) is 17.0. The van der Waals surface area contributed by atoms with Crippen LogP contribution in [0.2, 0.25) is 5.02 Å². The second-order valence-corrected chi connectivity index (χ2v) is 9.13. The van der Waals surface area contributed by atoms with Crippen LogP contribution >= 0.6 is 11.6 Å². The lowest BCUT2D eigenvalue weighted by Crippen LogP contribution is -2.34. The Labute approximate surface area is 186 Å². The van der Waals surface area contributed by atoms with Crippen molar-refractivity contribution >= 4 is 21.7 Å². The van der Waals surface area contributed by atoms with Gasteiger partial charge in [-0.3, -0.25) is 4.18 Å². The fraction of sp³-hybridized carbons (Fsp3) is 0.217. The molecule has 6 nitrogen and oxygen atoms in total. The van der Waals surface area contributed by atoms with Crippen molar-refractivity contribution in [3.8, 4) is 28.4 Å². The number of methoxy groups -OCH3 is 1. The second-order valence-electron chi connectivity index (χ2n) is 7.08. The normalized spacial score (nSPS) is 15.5. The average Bonchev–Trinajstić information content (AvgIpc) is 2.77. The Balaban J connectivity index is 1.56. The third-order valence-electron chi connectivity index (χ3n) is 4.86. The van der Waals surface area contributed by atoms with Gasteiger partial charge < -0.3 is 14.2 Å². The molecule has 0 spiro atoms. The molecule has 162 valence electrons. The van der Waals surface area contributed by atoms with Gasteiger partial charge in [-0.25, -0.2) is 0 Å². The first-order valence-corrected chi connectivity index (χ1v) is 11.4. The highest BCUT2D eigenvalue weighted by Gasteiger charge is 2.27. The van der Waals surface area contributed by atoms with Crippen molar-refractivity contribution in [1.29, 1.82) is 0 Å². The van der Waals surface area contributed by atoms with Crippen molar-refractivity contribution in [3.63, 3.8) is 0 Å². The first-order chi connectivity index (χ1) is 14.9. The molecule has 0 saturated heterocycles. The third-order valence-corrected chi connectivity index (χ3v) is 6.39. The van der Waals surface area contributed by atoms with E-state index in [1.54, 1.807) is 43.5 Å². The summed E-state index contributed by atoms with van der Waals surface area (Å²) in [6, 6.07) is 17.3. The number of benzene rings is 3. The molecule has 1 aliphatic rings. The van der Waals surface area contributed by atoms with Gasteiger partial charge in [-0.05, 0) is 43.3 Å². The fourth-order valence-electron chi connectivity index (χ4n) is 3.26. The number of para-hydroxylation sites is 1. The SMILES string of the molecule is COc1ccc(Cl)cc1-c1cccc2c1OC(COS(=O)(=O)c1ccc(C)cc1)CO2. The summed E-state index contributed by atoms with van der Waals surface area (Å²) in [4.78, 5) is 0.0968. The summed E-state index contributed by atoms with van der Waals surface area (Å²) in [7, 11) is -2.33. The monoisotopic (exact) mass is 460 g/mol. The van der Waals surface area contributed by atoms with Crippen LogP contribution in [0.5, 0.6) is 17.2 Å². The van der Waals surface area contributed by atoms with Gasteiger partial charge in [-0.1, -0.05) is 41.4 Å². The van der Waals surface area contributed by atoms with Gasteiger partial charge in [0.05, 0.1) is 12.0 Å². The molecule has 4 rings (SSSR count). The van der Waals surface area contributed by atoms with Crippen molar-refractivity contribution in [1.82, 2.24) is 0 Å². The topological polar surface area (TPSA) is 71.1 Å². The van der Waals surface area contributed by atoms with Gasteiger partial charge in [0.1, 0.15) is 19.0 Å². The molecular weight excluding hydrogens is 440 g/mol. The molecule has 31 heavy (non-hydrogen) atoms. The predicted molar refractivity (Wildman–Crippen MR) is 118 cm³/mol. The molecule has 0 bridgehead atoms. The van der Waals surface area contributed by atoms with Crippen LogP contribution in [0.1, 0.15) is 5.56 Å². The molecule has 1 heterocycles. The minimum Gasteiger partial charge on any atom is -0.496 e. The van der Waals surface area contributed by atoms with Crippen LogP contribution in [0.3, 0.4) is 0 Å².